The Kier molecular flexibility index (Phi) is 5.96. The van der Waals surface area contributed by atoms with Gasteiger partial charge in [-0.1, -0.05) is 68.4 Å². The fourth-order valence-electron chi connectivity index (χ4n) is 7.90. The molecule has 2 atom stereocenters. The lowest BCUT2D eigenvalue weighted by atomic mass is 9.67. The molecule has 0 saturated heterocycles. The van der Waals surface area contributed by atoms with Crippen LogP contribution in [0.4, 0.5) is 0 Å². The van der Waals surface area contributed by atoms with Gasteiger partial charge in [-0.2, -0.15) is 9.13 Å². The van der Waals surface area contributed by atoms with Gasteiger partial charge in [-0.3, -0.25) is 0 Å². The second-order valence-electron chi connectivity index (χ2n) is 11.8. The number of rotatable bonds is 5. The van der Waals surface area contributed by atoms with Crippen molar-refractivity contribution in [1.29, 1.82) is 0 Å². The van der Waals surface area contributed by atoms with Crippen LogP contribution in [0.1, 0.15) is 67.5 Å². The van der Waals surface area contributed by atoms with Crippen molar-refractivity contribution in [3.05, 3.63) is 132 Å². The van der Waals surface area contributed by atoms with E-state index < -0.39 is 0 Å². The Morgan fingerprint density at radius 2 is 1.40 bits per heavy atom. The van der Waals surface area contributed by atoms with Gasteiger partial charge in [0.1, 0.15) is 0 Å². The smallest absolute Gasteiger partial charge is 0.191 e. The van der Waals surface area contributed by atoms with Crippen LogP contribution < -0.4 is 9.13 Å². The number of aryl methyl sites for hydroxylation is 2. The third-order valence-electron chi connectivity index (χ3n) is 9.84. The normalized spacial score (nSPS) is 18.0. The van der Waals surface area contributed by atoms with Gasteiger partial charge in [0.05, 0.1) is 11.5 Å². The van der Waals surface area contributed by atoms with Crippen LogP contribution in [0.3, 0.4) is 0 Å². The highest BCUT2D eigenvalue weighted by Gasteiger charge is 2.54. The summed E-state index contributed by atoms with van der Waals surface area (Å²) in [6, 6.07) is 38.9. The first-order valence-electron chi connectivity index (χ1n) is 14.9. The number of fused-ring (bicyclic) bond motifs is 6. The zero-order valence-corrected chi connectivity index (χ0v) is 24.1. The van der Waals surface area contributed by atoms with Gasteiger partial charge < -0.3 is 0 Å². The molecule has 0 spiro atoms. The number of hydrogen-bond acceptors (Lipinski definition) is 0. The first-order chi connectivity index (χ1) is 19.6. The van der Waals surface area contributed by atoms with E-state index in [1.165, 1.54) is 56.0 Å². The van der Waals surface area contributed by atoms with E-state index in [-0.39, 0.29) is 11.6 Å². The summed E-state index contributed by atoms with van der Waals surface area (Å²) in [4.78, 5) is 0. The molecule has 5 aromatic rings. The molecule has 4 heterocycles. The van der Waals surface area contributed by atoms with Crippen molar-refractivity contribution in [1.82, 2.24) is 0 Å². The lowest BCUT2D eigenvalue weighted by Crippen LogP contribution is -2.64. The fourth-order valence-corrected chi connectivity index (χ4v) is 7.90. The minimum atomic E-state index is 0.0141. The number of pyridine rings is 2. The highest BCUT2D eigenvalue weighted by Crippen LogP contribution is 2.51. The van der Waals surface area contributed by atoms with Crippen molar-refractivity contribution in [2.75, 3.05) is 0 Å². The van der Waals surface area contributed by atoms with Crippen molar-refractivity contribution in [3.8, 4) is 33.6 Å². The molecule has 0 radical (unpaired) electrons. The molecule has 40 heavy (non-hydrogen) atoms. The van der Waals surface area contributed by atoms with Crippen molar-refractivity contribution in [3.63, 3.8) is 0 Å². The molecule has 2 aromatic heterocycles. The summed E-state index contributed by atoms with van der Waals surface area (Å²) in [6.45, 7) is 9.29. The van der Waals surface area contributed by atoms with Gasteiger partial charge in [-0.25, -0.2) is 0 Å². The van der Waals surface area contributed by atoms with Crippen LogP contribution in [0.15, 0.2) is 109 Å². The monoisotopic (exact) mass is 522 g/mol. The van der Waals surface area contributed by atoms with Crippen molar-refractivity contribution >= 4 is 0 Å². The molecule has 0 aliphatic carbocycles. The molecule has 0 fully saturated rings. The highest BCUT2D eigenvalue weighted by atomic mass is 15.1. The van der Waals surface area contributed by atoms with E-state index in [0.717, 1.165) is 19.3 Å². The molecule has 2 nitrogen and oxygen atoms in total. The van der Waals surface area contributed by atoms with Crippen molar-refractivity contribution in [2.45, 2.75) is 64.5 Å². The van der Waals surface area contributed by atoms with Crippen LogP contribution in [0, 0.1) is 13.8 Å². The second kappa shape index (κ2) is 9.55. The molecule has 0 amide bonds. The second-order valence-corrected chi connectivity index (χ2v) is 11.8. The zero-order valence-electron chi connectivity index (χ0n) is 24.1. The van der Waals surface area contributed by atoms with Gasteiger partial charge in [-0.15, -0.1) is 0 Å². The minimum absolute atomic E-state index is 0.0141. The topological polar surface area (TPSA) is 7.76 Å². The van der Waals surface area contributed by atoms with Crippen LogP contribution >= 0.6 is 0 Å². The standard InChI is InChI=1S/C38H38N2/c1-5-38(6-2)34(30-16-10-11-17-31(30)35-18-12-13-27(4)40(35)38)25-37-33-24-29(28-14-8-7-9-15-28)19-20-32(33)36-23-26(3)21-22-39(36)37/h7-24,34,37H,5-6,25H2,1-4H3/q+2. The Morgan fingerprint density at radius 1 is 0.650 bits per heavy atom. The lowest BCUT2D eigenvalue weighted by Gasteiger charge is -2.41. The SMILES string of the molecule is CCC1(CC)C(CC2c3cc(-c4ccccc4)ccc3-c3cc(C)cc[n+]32)c2ccccc2-c2cccc(C)[n+]21. The van der Waals surface area contributed by atoms with E-state index in [4.69, 9.17) is 0 Å². The maximum atomic E-state index is 2.69. The summed E-state index contributed by atoms with van der Waals surface area (Å²) in [6.07, 6.45) is 5.59. The Morgan fingerprint density at radius 3 is 2.20 bits per heavy atom. The van der Waals surface area contributed by atoms with Crippen LogP contribution in [-0.2, 0) is 5.54 Å². The molecule has 2 heteroatoms. The maximum absolute atomic E-state index is 2.69. The summed E-state index contributed by atoms with van der Waals surface area (Å²) >= 11 is 0. The molecule has 0 bridgehead atoms. The van der Waals surface area contributed by atoms with Gasteiger partial charge in [0.2, 0.25) is 11.4 Å². The predicted molar refractivity (Wildman–Crippen MR) is 163 cm³/mol. The third kappa shape index (κ3) is 3.62. The summed E-state index contributed by atoms with van der Waals surface area (Å²) in [7, 11) is 0. The molecular weight excluding hydrogens is 484 g/mol. The van der Waals surface area contributed by atoms with E-state index in [9.17, 15) is 0 Å². The molecule has 2 aliphatic heterocycles. The van der Waals surface area contributed by atoms with Gasteiger partial charge >= 0.3 is 0 Å². The van der Waals surface area contributed by atoms with Gasteiger partial charge in [0, 0.05) is 61.6 Å². The molecule has 3 aromatic carbocycles. The van der Waals surface area contributed by atoms with E-state index in [2.05, 4.69) is 146 Å². The minimum Gasteiger partial charge on any atom is -0.191 e. The van der Waals surface area contributed by atoms with E-state index in [0.29, 0.717) is 5.92 Å². The molecule has 198 valence electrons. The van der Waals surface area contributed by atoms with Crippen LogP contribution in [0.2, 0.25) is 0 Å². The first kappa shape index (κ1) is 25.0. The Labute approximate surface area is 238 Å². The number of hydrogen-bond donors (Lipinski definition) is 0. The molecular formula is C38H38N2+2. The zero-order chi connectivity index (χ0) is 27.4. The van der Waals surface area contributed by atoms with E-state index >= 15 is 0 Å². The summed E-state index contributed by atoms with van der Waals surface area (Å²) in [5.41, 5.74) is 13.7. The van der Waals surface area contributed by atoms with Crippen LogP contribution in [0.25, 0.3) is 33.6 Å². The van der Waals surface area contributed by atoms with E-state index in [1.54, 1.807) is 0 Å². The maximum Gasteiger partial charge on any atom is 0.213 e. The third-order valence-corrected chi connectivity index (χ3v) is 9.84. The van der Waals surface area contributed by atoms with Crippen molar-refractivity contribution < 1.29 is 9.13 Å². The number of benzene rings is 3. The molecule has 0 N–H and O–H groups in total. The predicted octanol–water partition coefficient (Wildman–Crippen LogP) is 8.49. The average molecular weight is 523 g/mol. The van der Waals surface area contributed by atoms with Crippen LogP contribution in [0.5, 0.6) is 0 Å². The highest BCUT2D eigenvalue weighted by molar-refractivity contribution is 5.73. The molecule has 0 saturated carbocycles. The average Bonchev–Trinajstić information content (AvgIpc) is 3.30. The summed E-state index contributed by atoms with van der Waals surface area (Å²) in [5.74, 6) is 0.385. The van der Waals surface area contributed by atoms with E-state index in [1.807, 2.05) is 0 Å². The summed E-state index contributed by atoms with van der Waals surface area (Å²) in [5, 5.41) is 0. The Hall–Kier alpha value is -4.04. The molecule has 7 rings (SSSR count). The number of nitrogens with zero attached hydrogens (tertiary/aromatic N) is 2. The van der Waals surface area contributed by atoms with Gasteiger partial charge in [-0.05, 0) is 53.4 Å². The summed E-state index contributed by atoms with van der Waals surface area (Å²) < 4.78 is 5.25. The number of aromatic nitrogens is 2. The fraction of sp³-hybridized carbons (Fsp3) is 0.263. The van der Waals surface area contributed by atoms with Crippen molar-refractivity contribution in [2.24, 2.45) is 0 Å². The van der Waals surface area contributed by atoms with Gasteiger partial charge in [0.15, 0.2) is 23.5 Å². The molecule has 2 aliphatic rings. The largest absolute Gasteiger partial charge is 0.213 e. The quantitative estimate of drug-likeness (QED) is 0.205. The Balaban J connectivity index is 1.43. The van der Waals surface area contributed by atoms with Crippen LogP contribution in [-0.4, -0.2) is 0 Å². The lowest BCUT2D eigenvalue weighted by molar-refractivity contribution is -0.770. The van der Waals surface area contributed by atoms with Gasteiger partial charge in [0.25, 0.3) is 0 Å². The first-order valence-corrected chi connectivity index (χ1v) is 14.9. The molecule has 2 unspecified atom stereocenters. The Bertz CT molecular complexity index is 1730.